The Labute approximate surface area is 123 Å². The first-order valence-electron chi connectivity index (χ1n) is 8.42. The lowest BCUT2D eigenvalue weighted by atomic mass is 10.0. The van der Waals surface area contributed by atoms with Gasteiger partial charge in [0.15, 0.2) is 0 Å². The minimum atomic E-state index is 0.0121. The van der Waals surface area contributed by atoms with Crippen LogP contribution >= 0.6 is 0 Å². The van der Waals surface area contributed by atoms with Gasteiger partial charge in [-0.2, -0.15) is 0 Å². The average Bonchev–Trinajstić information content (AvgIpc) is 2.50. The summed E-state index contributed by atoms with van der Waals surface area (Å²) >= 11 is 0. The van der Waals surface area contributed by atoms with Crippen LogP contribution < -0.4 is 5.32 Å². The summed E-state index contributed by atoms with van der Waals surface area (Å²) in [4.78, 5) is 14.5. The van der Waals surface area contributed by atoms with Crippen LogP contribution in [0.2, 0.25) is 0 Å². The first-order chi connectivity index (χ1) is 9.79. The number of hydrogen-bond donors (Lipinski definition) is 2. The maximum Gasteiger partial charge on any atom is 0.239 e. The Balaban J connectivity index is 2.34. The molecule has 1 heterocycles. The van der Waals surface area contributed by atoms with Crippen LogP contribution in [0.25, 0.3) is 0 Å². The molecule has 0 spiro atoms. The standard InChI is InChI=1S/C16H32N2O2/c1-2-3-4-5-8-12-18(13-9-14-19)16(20)15-10-6-7-11-17-15/h15,17,19H,2-14H2,1H3/t15-/m0/s1. The molecule has 0 radical (unpaired) electrons. The second-order valence-corrected chi connectivity index (χ2v) is 5.82. The van der Waals surface area contributed by atoms with Crippen molar-refractivity contribution in [2.24, 2.45) is 0 Å². The van der Waals surface area contributed by atoms with E-state index in [9.17, 15) is 4.79 Å². The molecule has 0 aromatic heterocycles. The summed E-state index contributed by atoms with van der Waals surface area (Å²) in [6.07, 6.45) is 10.1. The van der Waals surface area contributed by atoms with E-state index in [1.54, 1.807) is 0 Å². The van der Waals surface area contributed by atoms with Crippen LogP contribution in [0.4, 0.5) is 0 Å². The number of nitrogens with one attached hydrogen (secondary N) is 1. The van der Waals surface area contributed by atoms with E-state index in [0.29, 0.717) is 13.0 Å². The highest BCUT2D eigenvalue weighted by atomic mass is 16.3. The van der Waals surface area contributed by atoms with E-state index in [1.807, 2.05) is 4.90 Å². The van der Waals surface area contributed by atoms with Gasteiger partial charge in [-0.1, -0.05) is 39.0 Å². The zero-order valence-electron chi connectivity index (χ0n) is 13.1. The minimum absolute atomic E-state index is 0.0121. The number of rotatable bonds is 10. The fourth-order valence-corrected chi connectivity index (χ4v) is 2.78. The van der Waals surface area contributed by atoms with Crippen molar-refractivity contribution < 1.29 is 9.90 Å². The molecule has 1 fully saturated rings. The summed E-state index contributed by atoms with van der Waals surface area (Å²) < 4.78 is 0. The molecular weight excluding hydrogens is 252 g/mol. The Morgan fingerprint density at radius 1 is 1.15 bits per heavy atom. The fraction of sp³-hybridized carbons (Fsp3) is 0.938. The van der Waals surface area contributed by atoms with E-state index in [2.05, 4.69) is 12.2 Å². The molecule has 0 aromatic carbocycles. The van der Waals surface area contributed by atoms with Crippen LogP contribution in [0.1, 0.15) is 64.7 Å². The predicted octanol–water partition coefficient (Wildman–Crippen LogP) is 2.31. The molecule has 2 N–H and O–H groups in total. The van der Waals surface area contributed by atoms with Crippen molar-refractivity contribution in [2.75, 3.05) is 26.2 Å². The number of piperidine rings is 1. The first-order valence-corrected chi connectivity index (χ1v) is 8.42. The zero-order valence-corrected chi connectivity index (χ0v) is 13.1. The molecule has 1 aliphatic heterocycles. The van der Waals surface area contributed by atoms with E-state index >= 15 is 0 Å². The normalized spacial score (nSPS) is 19.0. The summed E-state index contributed by atoms with van der Waals surface area (Å²) in [6.45, 7) is 4.88. The Hall–Kier alpha value is -0.610. The molecule has 1 amide bonds. The van der Waals surface area contributed by atoms with Crippen molar-refractivity contribution in [3.8, 4) is 0 Å². The summed E-state index contributed by atoms with van der Waals surface area (Å²) in [5.41, 5.74) is 0. The number of carbonyl (C=O) groups excluding carboxylic acids is 1. The third kappa shape index (κ3) is 6.71. The third-order valence-corrected chi connectivity index (χ3v) is 4.04. The Bertz CT molecular complexity index is 253. The average molecular weight is 284 g/mol. The van der Waals surface area contributed by atoms with Gasteiger partial charge >= 0.3 is 0 Å². The van der Waals surface area contributed by atoms with Crippen molar-refractivity contribution in [1.82, 2.24) is 10.2 Å². The summed E-state index contributed by atoms with van der Waals surface area (Å²) in [5, 5.41) is 12.3. The van der Waals surface area contributed by atoms with E-state index in [4.69, 9.17) is 5.11 Å². The number of aliphatic hydroxyl groups is 1. The number of unbranched alkanes of at least 4 members (excludes halogenated alkanes) is 4. The molecule has 0 bridgehead atoms. The van der Waals surface area contributed by atoms with Crippen LogP contribution in [0.15, 0.2) is 0 Å². The van der Waals surface area contributed by atoms with Crippen molar-refractivity contribution in [1.29, 1.82) is 0 Å². The first kappa shape index (κ1) is 17.4. The smallest absolute Gasteiger partial charge is 0.239 e. The van der Waals surface area contributed by atoms with Crippen molar-refractivity contribution >= 4 is 5.91 Å². The van der Waals surface area contributed by atoms with E-state index < -0.39 is 0 Å². The molecular formula is C16H32N2O2. The number of nitrogens with zero attached hydrogens (tertiary/aromatic N) is 1. The van der Waals surface area contributed by atoms with Gasteiger partial charge in [0.25, 0.3) is 0 Å². The Kier molecular flexibility index (Phi) is 9.67. The molecule has 1 rings (SSSR count). The number of hydrogen-bond acceptors (Lipinski definition) is 3. The lowest BCUT2D eigenvalue weighted by Crippen LogP contribution is -2.49. The molecule has 0 aromatic rings. The van der Waals surface area contributed by atoms with Gasteiger partial charge in [0.1, 0.15) is 0 Å². The highest BCUT2D eigenvalue weighted by Crippen LogP contribution is 2.12. The molecule has 20 heavy (non-hydrogen) atoms. The van der Waals surface area contributed by atoms with E-state index in [-0.39, 0.29) is 18.6 Å². The van der Waals surface area contributed by atoms with Gasteiger partial charge in [0.05, 0.1) is 6.04 Å². The topological polar surface area (TPSA) is 52.6 Å². The number of carbonyl (C=O) groups is 1. The number of amides is 1. The van der Waals surface area contributed by atoms with Crippen LogP contribution in [-0.2, 0) is 4.79 Å². The second kappa shape index (κ2) is 11.1. The molecule has 4 heteroatoms. The van der Waals surface area contributed by atoms with Crippen LogP contribution in [0.3, 0.4) is 0 Å². The third-order valence-electron chi connectivity index (χ3n) is 4.04. The maximum atomic E-state index is 12.5. The van der Waals surface area contributed by atoms with Gasteiger partial charge in [0.2, 0.25) is 5.91 Å². The van der Waals surface area contributed by atoms with Crippen LogP contribution in [0.5, 0.6) is 0 Å². The second-order valence-electron chi connectivity index (χ2n) is 5.82. The monoisotopic (exact) mass is 284 g/mol. The summed E-state index contributed by atoms with van der Waals surface area (Å²) in [7, 11) is 0. The van der Waals surface area contributed by atoms with Gasteiger partial charge in [-0.3, -0.25) is 4.79 Å². The lowest BCUT2D eigenvalue weighted by molar-refractivity contribution is -0.134. The minimum Gasteiger partial charge on any atom is -0.396 e. The quantitative estimate of drug-likeness (QED) is 0.605. The lowest BCUT2D eigenvalue weighted by Gasteiger charge is -2.30. The zero-order chi connectivity index (χ0) is 14.6. The number of aliphatic hydroxyl groups excluding tert-OH is 1. The largest absolute Gasteiger partial charge is 0.396 e. The molecule has 4 nitrogen and oxygen atoms in total. The van der Waals surface area contributed by atoms with E-state index in [1.165, 1.54) is 32.1 Å². The molecule has 1 aliphatic rings. The Morgan fingerprint density at radius 3 is 2.55 bits per heavy atom. The molecule has 1 saturated heterocycles. The van der Waals surface area contributed by atoms with Crippen molar-refractivity contribution in [3.05, 3.63) is 0 Å². The predicted molar refractivity (Wildman–Crippen MR) is 82.7 cm³/mol. The van der Waals surface area contributed by atoms with E-state index in [0.717, 1.165) is 32.4 Å². The summed E-state index contributed by atoms with van der Waals surface area (Å²) in [6, 6.07) is 0.0121. The van der Waals surface area contributed by atoms with Gasteiger partial charge in [-0.25, -0.2) is 0 Å². The fourth-order valence-electron chi connectivity index (χ4n) is 2.78. The van der Waals surface area contributed by atoms with Gasteiger partial charge in [-0.05, 0) is 32.2 Å². The Morgan fingerprint density at radius 2 is 1.90 bits per heavy atom. The highest BCUT2D eigenvalue weighted by molar-refractivity contribution is 5.82. The van der Waals surface area contributed by atoms with Gasteiger partial charge in [-0.15, -0.1) is 0 Å². The van der Waals surface area contributed by atoms with Crippen LogP contribution in [0, 0.1) is 0 Å². The highest BCUT2D eigenvalue weighted by Gasteiger charge is 2.24. The molecule has 0 unspecified atom stereocenters. The summed E-state index contributed by atoms with van der Waals surface area (Å²) in [5.74, 6) is 0.244. The molecule has 1 atom stereocenters. The van der Waals surface area contributed by atoms with Gasteiger partial charge in [0, 0.05) is 19.7 Å². The maximum absolute atomic E-state index is 12.5. The van der Waals surface area contributed by atoms with Crippen molar-refractivity contribution in [2.45, 2.75) is 70.8 Å². The molecule has 0 aliphatic carbocycles. The molecule has 118 valence electrons. The van der Waals surface area contributed by atoms with Crippen LogP contribution in [-0.4, -0.2) is 48.2 Å². The SMILES string of the molecule is CCCCCCCN(CCCO)C(=O)[C@@H]1CCCCN1. The van der Waals surface area contributed by atoms with Crippen molar-refractivity contribution in [3.63, 3.8) is 0 Å². The van der Waals surface area contributed by atoms with Gasteiger partial charge < -0.3 is 15.3 Å². The molecule has 0 saturated carbocycles.